The first kappa shape index (κ1) is 18.8. The highest BCUT2D eigenvalue weighted by Gasteiger charge is 2.20. The monoisotopic (exact) mass is 358 g/mol. The zero-order valence-electron chi connectivity index (χ0n) is 16.4. The second kappa shape index (κ2) is 7.75. The van der Waals surface area contributed by atoms with Crippen molar-refractivity contribution < 1.29 is 4.79 Å². The first-order chi connectivity index (χ1) is 12.9. The molecule has 0 unspecified atom stereocenters. The van der Waals surface area contributed by atoms with Gasteiger partial charge in [0.15, 0.2) is 0 Å². The van der Waals surface area contributed by atoms with Crippen molar-refractivity contribution in [2.45, 2.75) is 39.7 Å². The number of carbonyl (C=O) groups is 1. The van der Waals surface area contributed by atoms with Crippen LogP contribution in [0.2, 0.25) is 0 Å². The zero-order chi connectivity index (χ0) is 19.4. The van der Waals surface area contributed by atoms with Crippen molar-refractivity contribution >= 4 is 5.91 Å². The molecule has 0 fully saturated rings. The fourth-order valence-electron chi connectivity index (χ4n) is 2.98. The van der Waals surface area contributed by atoms with E-state index in [4.69, 9.17) is 0 Å². The van der Waals surface area contributed by atoms with E-state index in [1.54, 1.807) is 6.20 Å². The van der Waals surface area contributed by atoms with Gasteiger partial charge in [-0.25, -0.2) is 0 Å². The summed E-state index contributed by atoms with van der Waals surface area (Å²) in [7, 11) is 0. The molecule has 0 aliphatic carbocycles. The highest BCUT2D eigenvalue weighted by Crippen LogP contribution is 2.30. The van der Waals surface area contributed by atoms with E-state index in [2.05, 4.69) is 42.3 Å². The molecular formula is C24H26N2O. The molecule has 138 valence electrons. The van der Waals surface area contributed by atoms with Crippen LogP contribution in [0.4, 0.5) is 0 Å². The molecule has 1 heterocycles. The number of rotatable bonds is 5. The lowest BCUT2D eigenvalue weighted by Crippen LogP contribution is -2.42. The molecule has 3 nitrogen and oxygen atoms in total. The summed E-state index contributed by atoms with van der Waals surface area (Å²) in [4.78, 5) is 17.2. The molecule has 0 aliphatic heterocycles. The van der Waals surface area contributed by atoms with Crippen LogP contribution in [0, 0.1) is 6.92 Å². The first-order valence-corrected chi connectivity index (χ1v) is 9.33. The van der Waals surface area contributed by atoms with Crippen LogP contribution in [0.5, 0.6) is 0 Å². The number of aryl methyl sites for hydroxylation is 1. The Hall–Kier alpha value is -2.94. The lowest BCUT2D eigenvalue weighted by atomic mass is 9.93. The van der Waals surface area contributed by atoms with Crippen LogP contribution in [-0.4, -0.2) is 16.4 Å². The zero-order valence-corrected chi connectivity index (χ0v) is 16.4. The Morgan fingerprint density at radius 1 is 1.00 bits per heavy atom. The molecule has 1 amide bonds. The van der Waals surface area contributed by atoms with Gasteiger partial charge in [-0.2, -0.15) is 0 Å². The van der Waals surface area contributed by atoms with Crippen molar-refractivity contribution in [3.05, 3.63) is 78.1 Å². The Kier molecular flexibility index (Phi) is 5.41. The van der Waals surface area contributed by atoms with E-state index in [-0.39, 0.29) is 11.4 Å². The van der Waals surface area contributed by atoms with Gasteiger partial charge in [0.05, 0.1) is 0 Å². The third-order valence-electron chi connectivity index (χ3n) is 4.98. The molecule has 27 heavy (non-hydrogen) atoms. The summed E-state index contributed by atoms with van der Waals surface area (Å²) >= 11 is 0. The quantitative estimate of drug-likeness (QED) is 0.641. The molecule has 3 rings (SSSR count). The normalized spacial score (nSPS) is 11.3. The van der Waals surface area contributed by atoms with Crippen LogP contribution in [-0.2, 0) is 0 Å². The van der Waals surface area contributed by atoms with E-state index in [1.807, 2.05) is 56.4 Å². The van der Waals surface area contributed by atoms with E-state index < -0.39 is 0 Å². The minimum atomic E-state index is -0.246. The average molecular weight is 358 g/mol. The first-order valence-electron chi connectivity index (χ1n) is 9.33. The van der Waals surface area contributed by atoms with Gasteiger partial charge in [-0.05, 0) is 73.7 Å². The highest BCUT2D eigenvalue weighted by molar-refractivity contribution is 5.97. The van der Waals surface area contributed by atoms with Crippen LogP contribution in [0.1, 0.15) is 43.1 Å². The number of carbonyl (C=O) groups excluding carboxylic acids is 1. The third-order valence-corrected chi connectivity index (χ3v) is 4.98. The Balaban J connectivity index is 2.12. The number of nitrogens with one attached hydrogen (secondary N) is 1. The molecule has 0 saturated carbocycles. The number of hydrogen-bond donors (Lipinski definition) is 1. The van der Waals surface area contributed by atoms with Gasteiger partial charge in [0.2, 0.25) is 0 Å². The van der Waals surface area contributed by atoms with Gasteiger partial charge in [-0.1, -0.05) is 37.3 Å². The number of aromatic nitrogens is 1. The van der Waals surface area contributed by atoms with E-state index in [0.29, 0.717) is 5.56 Å². The van der Waals surface area contributed by atoms with Crippen LogP contribution >= 0.6 is 0 Å². The van der Waals surface area contributed by atoms with Gasteiger partial charge >= 0.3 is 0 Å². The number of nitrogens with zero attached hydrogens (tertiary/aromatic N) is 1. The molecule has 0 bridgehead atoms. The number of benzene rings is 2. The average Bonchev–Trinajstić information content (AvgIpc) is 2.68. The molecule has 1 N–H and O–H groups in total. The van der Waals surface area contributed by atoms with Crippen molar-refractivity contribution in [3.8, 4) is 22.3 Å². The van der Waals surface area contributed by atoms with Crippen LogP contribution in [0.3, 0.4) is 0 Å². The third kappa shape index (κ3) is 4.43. The molecule has 0 spiro atoms. The van der Waals surface area contributed by atoms with Crippen molar-refractivity contribution in [2.24, 2.45) is 0 Å². The van der Waals surface area contributed by atoms with E-state index >= 15 is 0 Å². The van der Waals surface area contributed by atoms with E-state index in [1.165, 1.54) is 5.56 Å². The Bertz CT molecular complexity index is 946. The highest BCUT2D eigenvalue weighted by atomic mass is 16.1. The Morgan fingerprint density at radius 2 is 1.74 bits per heavy atom. The largest absolute Gasteiger partial charge is 0.347 e. The molecule has 0 atom stereocenters. The molecule has 0 aliphatic rings. The van der Waals surface area contributed by atoms with Gasteiger partial charge in [0.25, 0.3) is 5.91 Å². The van der Waals surface area contributed by atoms with E-state index in [0.717, 1.165) is 28.7 Å². The number of pyridine rings is 1. The fourth-order valence-corrected chi connectivity index (χ4v) is 2.98. The predicted octanol–water partition coefficient (Wildman–Crippen LogP) is 5.64. The minimum absolute atomic E-state index is 0.0533. The fraction of sp³-hybridized carbons (Fsp3) is 0.250. The number of hydrogen-bond acceptors (Lipinski definition) is 2. The van der Waals surface area contributed by atoms with Crippen LogP contribution in [0.25, 0.3) is 22.3 Å². The Labute approximate surface area is 161 Å². The molecule has 0 saturated heterocycles. The summed E-state index contributed by atoms with van der Waals surface area (Å²) in [5.74, 6) is -0.0533. The maximum Gasteiger partial charge on any atom is 0.251 e. The second-order valence-electron chi connectivity index (χ2n) is 7.55. The van der Waals surface area contributed by atoms with Gasteiger partial charge in [0.1, 0.15) is 0 Å². The summed E-state index contributed by atoms with van der Waals surface area (Å²) in [6.45, 7) is 8.24. The van der Waals surface area contributed by atoms with Gasteiger partial charge < -0.3 is 5.32 Å². The van der Waals surface area contributed by atoms with Gasteiger partial charge in [-0.15, -0.1) is 0 Å². The summed E-state index contributed by atoms with van der Waals surface area (Å²) in [5, 5.41) is 3.14. The predicted molar refractivity (Wildman–Crippen MR) is 112 cm³/mol. The summed E-state index contributed by atoms with van der Waals surface area (Å²) in [6.07, 6.45) is 4.45. The smallest absolute Gasteiger partial charge is 0.251 e. The molecular weight excluding hydrogens is 332 g/mol. The second-order valence-corrected chi connectivity index (χ2v) is 7.55. The minimum Gasteiger partial charge on any atom is -0.347 e. The van der Waals surface area contributed by atoms with Crippen molar-refractivity contribution in [2.75, 3.05) is 0 Å². The Morgan fingerprint density at radius 3 is 2.41 bits per heavy atom. The molecule has 0 radical (unpaired) electrons. The molecule has 3 heteroatoms. The standard InChI is InChI=1S/C24H26N2O/c1-5-24(3,4)26-23(27)21-14-19(18-10-8-12-25-16-18)13-20(15-21)22-11-7-6-9-17(22)2/h6-16H,5H2,1-4H3,(H,26,27). The maximum absolute atomic E-state index is 12.9. The van der Waals surface area contributed by atoms with E-state index in [9.17, 15) is 4.79 Å². The van der Waals surface area contributed by atoms with Gasteiger partial charge in [0, 0.05) is 29.1 Å². The van der Waals surface area contributed by atoms with Crippen LogP contribution in [0.15, 0.2) is 67.0 Å². The topological polar surface area (TPSA) is 42.0 Å². The van der Waals surface area contributed by atoms with Gasteiger partial charge in [-0.3, -0.25) is 9.78 Å². The summed E-state index contributed by atoms with van der Waals surface area (Å²) in [6, 6.07) is 18.2. The van der Waals surface area contributed by atoms with Crippen LogP contribution < -0.4 is 5.32 Å². The van der Waals surface area contributed by atoms with Crippen molar-refractivity contribution in [1.82, 2.24) is 10.3 Å². The molecule has 1 aromatic heterocycles. The van der Waals surface area contributed by atoms with Crippen molar-refractivity contribution in [3.63, 3.8) is 0 Å². The lowest BCUT2D eigenvalue weighted by Gasteiger charge is -2.25. The lowest BCUT2D eigenvalue weighted by molar-refractivity contribution is 0.0911. The maximum atomic E-state index is 12.9. The summed E-state index contributed by atoms with van der Waals surface area (Å²) < 4.78 is 0. The molecule has 3 aromatic rings. The number of amides is 1. The molecule has 2 aromatic carbocycles. The SMILES string of the molecule is CCC(C)(C)NC(=O)c1cc(-c2cccnc2)cc(-c2ccccc2C)c1. The summed E-state index contributed by atoms with van der Waals surface area (Å²) in [5.41, 5.74) is 5.75. The van der Waals surface area contributed by atoms with Crippen molar-refractivity contribution in [1.29, 1.82) is 0 Å².